The van der Waals surface area contributed by atoms with Gasteiger partial charge in [-0.2, -0.15) is 5.10 Å². The number of carbonyl (C=O) groups excluding carboxylic acids is 1. The zero-order chi connectivity index (χ0) is 16.5. The first-order valence-corrected chi connectivity index (χ1v) is 7.71. The van der Waals surface area contributed by atoms with Gasteiger partial charge in [-0.1, -0.05) is 11.6 Å². The Morgan fingerprint density at radius 2 is 2.29 bits per heavy atom. The van der Waals surface area contributed by atoms with E-state index in [-0.39, 0.29) is 24.8 Å². The van der Waals surface area contributed by atoms with Crippen LogP contribution in [0, 0.1) is 0 Å². The summed E-state index contributed by atoms with van der Waals surface area (Å²) in [5, 5.41) is 9.73. The van der Waals surface area contributed by atoms with Gasteiger partial charge in [0.1, 0.15) is 6.10 Å². The van der Waals surface area contributed by atoms with Crippen LogP contribution in [0.3, 0.4) is 0 Å². The minimum Gasteiger partial charge on any atom is -0.482 e. The third-order valence-corrected chi connectivity index (χ3v) is 4.08. The number of aromatic nitrogens is 2. The molecule has 2 N–H and O–H groups in total. The topological polar surface area (TPSA) is 94.7 Å². The summed E-state index contributed by atoms with van der Waals surface area (Å²) in [7, 11) is 0. The Bertz CT molecular complexity index is 752. The lowest BCUT2D eigenvalue weighted by Gasteiger charge is -2.19. The van der Waals surface area contributed by atoms with E-state index >= 15 is 0 Å². The molecular weight excluding hydrogens is 338 g/mol. The number of ether oxygens (including phenoxy) is 4. The first kappa shape index (κ1) is 15.1. The molecule has 2 aromatic rings. The summed E-state index contributed by atoms with van der Waals surface area (Å²) >= 11 is 6.11. The van der Waals surface area contributed by atoms with E-state index in [1.807, 2.05) is 0 Å². The first-order valence-electron chi connectivity index (χ1n) is 7.34. The SMILES string of the molecule is O=C(N[C@H]1COC[C@H]1Oc1cn[nH]c1)c1cc(Cl)c2c(c1)OCO2. The fourth-order valence-electron chi connectivity index (χ4n) is 2.61. The van der Waals surface area contributed by atoms with Gasteiger partial charge in [-0.25, -0.2) is 0 Å². The molecule has 2 aliphatic heterocycles. The lowest BCUT2D eigenvalue weighted by atomic mass is 10.1. The van der Waals surface area contributed by atoms with Gasteiger partial charge in [-0.3, -0.25) is 9.89 Å². The third kappa shape index (κ3) is 2.85. The van der Waals surface area contributed by atoms with Crippen molar-refractivity contribution in [3.8, 4) is 17.2 Å². The molecule has 8 nitrogen and oxygen atoms in total. The van der Waals surface area contributed by atoms with Crippen LogP contribution in [0.25, 0.3) is 0 Å². The van der Waals surface area contributed by atoms with E-state index < -0.39 is 0 Å². The van der Waals surface area contributed by atoms with Crippen molar-refractivity contribution in [3.05, 3.63) is 35.1 Å². The highest BCUT2D eigenvalue weighted by molar-refractivity contribution is 6.32. The molecular formula is C15H14ClN3O5. The number of hydrogen-bond acceptors (Lipinski definition) is 6. The van der Waals surface area contributed by atoms with E-state index in [4.69, 9.17) is 30.5 Å². The van der Waals surface area contributed by atoms with Gasteiger partial charge in [0.05, 0.1) is 36.7 Å². The second-order valence-corrected chi connectivity index (χ2v) is 5.81. The molecule has 0 saturated carbocycles. The monoisotopic (exact) mass is 351 g/mol. The summed E-state index contributed by atoms with van der Waals surface area (Å²) in [4.78, 5) is 12.5. The van der Waals surface area contributed by atoms with Crippen LogP contribution >= 0.6 is 11.6 Å². The molecule has 1 fully saturated rings. The molecule has 9 heteroatoms. The van der Waals surface area contributed by atoms with E-state index in [1.54, 1.807) is 24.5 Å². The smallest absolute Gasteiger partial charge is 0.251 e. The largest absolute Gasteiger partial charge is 0.482 e. The Morgan fingerprint density at radius 1 is 1.38 bits per heavy atom. The van der Waals surface area contributed by atoms with E-state index in [0.717, 1.165) is 0 Å². The molecule has 2 aliphatic rings. The highest BCUT2D eigenvalue weighted by atomic mass is 35.5. The number of H-pyrrole nitrogens is 1. The third-order valence-electron chi connectivity index (χ3n) is 3.79. The van der Waals surface area contributed by atoms with E-state index in [0.29, 0.717) is 41.0 Å². The average Bonchev–Trinajstić information content (AvgIpc) is 3.30. The minimum absolute atomic E-state index is 0.0944. The van der Waals surface area contributed by atoms with E-state index in [2.05, 4.69) is 15.5 Å². The molecule has 3 heterocycles. The summed E-state index contributed by atoms with van der Waals surface area (Å²) in [5.41, 5.74) is 0.387. The van der Waals surface area contributed by atoms with Gasteiger partial charge in [0.15, 0.2) is 17.2 Å². The molecule has 0 spiro atoms. The van der Waals surface area contributed by atoms with Crippen molar-refractivity contribution in [1.82, 2.24) is 15.5 Å². The number of fused-ring (bicyclic) bond motifs is 1. The Balaban J connectivity index is 1.46. The molecule has 0 unspecified atom stereocenters. The summed E-state index contributed by atoms with van der Waals surface area (Å²) in [6, 6.07) is 2.87. The number of amides is 1. The molecule has 0 aliphatic carbocycles. The number of nitrogens with one attached hydrogen (secondary N) is 2. The zero-order valence-corrected chi connectivity index (χ0v) is 13.2. The predicted molar refractivity (Wildman–Crippen MR) is 82.7 cm³/mol. The molecule has 1 amide bonds. The van der Waals surface area contributed by atoms with Crippen LogP contribution in [-0.4, -0.2) is 48.3 Å². The highest BCUT2D eigenvalue weighted by Crippen LogP contribution is 2.39. The van der Waals surface area contributed by atoms with Gasteiger partial charge in [0.25, 0.3) is 5.91 Å². The fraction of sp³-hybridized carbons (Fsp3) is 0.333. The van der Waals surface area contributed by atoms with Crippen LogP contribution in [0.4, 0.5) is 0 Å². The summed E-state index contributed by atoms with van der Waals surface area (Å²) in [6.07, 6.45) is 2.90. The second kappa shape index (κ2) is 6.21. The Morgan fingerprint density at radius 3 is 3.12 bits per heavy atom. The van der Waals surface area contributed by atoms with Crippen LogP contribution < -0.4 is 19.5 Å². The highest BCUT2D eigenvalue weighted by Gasteiger charge is 2.32. The summed E-state index contributed by atoms with van der Waals surface area (Å²) in [5.74, 6) is 1.22. The molecule has 4 rings (SSSR count). The molecule has 2 atom stereocenters. The quantitative estimate of drug-likeness (QED) is 0.864. The molecule has 1 aromatic carbocycles. The standard InChI is InChI=1S/C15H14ClN3O5/c16-10-1-8(2-12-14(10)23-7-22-12)15(20)19-11-5-21-6-13(11)24-9-3-17-18-4-9/h1-4,11,13H,5-7H2,(H,17,18)(H,19,20)/t11-,13+/m0/s1. The van der Waals surface area contributed by atoms with Gasteiger partial charge in [-0.05, 0) is 12.1 Å². The Hall–Kier alpha value is -2.45. The van der Waals surface area contributed by atoms with Crippen LogP contribution in [0.2, 0.25) is 5.02 Å². The van der Waals surface area contributed by atoms with Crippen molar-refractivity contribution >= 4 is 17.5 Å². The second-order valence-electron chi connectivity index (χ2n) is 5.40. The number of nitrogens with zero attached hydrogens (tertiary/aromatic N) is 1. The van der Waals surface area contributed by atoms with Gasteiger partial charge in [-0.15, -0.1) is 0 Å². The maximum atomic E-state index is 12.5. The van der Waals surface area contributed by atoms with E-state index in [1.165, 1.54) is 0 Å². The Labute approximate surface area is 142 Å². The van der Waals surface area contributed by atoms with Gasteiger partial charge >= 0.3 is 0 Å². The lowest BCUT2D eigenvalue weighted by molar-refractivity contribution is 0.0903. The number of hydrogen-bond donors (Lipinski definition) is 2. The first-order chi connectivity index (χ1) is 11.7. The van der Waals surface area contributed by atoms with Crippen molar-refractivity contribution in [2.45, 2.75) is 12.1 Å². The molecule has 0 radical (unpaired) electrons. The summed E-state index contributed by atoms with van der Waals surface area (Å²) in [6.45, 7) is 0.849. The Kier molecular flexibility index (Phi) is 3.91. The van der Waals surface area contributed by atoms with Gasteiger partial charge < -0.3 is 24.3 Å². The molecule has 1 saturated heterocycles. The molecule has 24 heavy (non-hydrogen) atoms. The normalized spacial score (nSPS) is 21.7. The predicted octanol–water partition coefficient (Wildman–Crippen LogP) is 1.37. The van der Waals surface area contributed by atoms with Crippen molar-refractivity contribution in [2.24, 2.45) is 0 Å². The number of halogens is 1. The maximum Gasteiger partial charge on any atom is 0.251 e. The molecule has 126 valence electrons. The lowest BCUT2D eigenvalue weighted by Crippen LogP contribution is -2.45. The minimum atomic E-state index is -0.295. The van der Waals surface area contributed by atoms with Gasteiger partial charge in [0.2, 0.25) is 6.79 Å². The van der Waals surface area contributed by atoms with Crippen molar-refractivity contribution in [1.29, 1.82) is 0 Å². The van der Waals surface area contributed by atoms with Crippen LogP contribution in [0.5, 0.6) is 17.2 Å². The molecule has 1 aromatic heterocycles. The fourth-order valence-corrected chi connectivity index (χ4v) is 2.88. The van der Waals surface area contributed by atoms with Crippen molar-refractivity contribution in [3.63, 3.8) is 0 Å². The van der Waals surface area contributed by atoms with Crippen LogP contribution in [0.15, 0.2) is 24.5 Å². The van der Waals surface area contributed by atoms with Crippen LogP contribution in [-0.2, 0) is 4.74 Å². The number of rotatable bonds is 4. The van der Waals surface area contributed by atoms with Crippen LogP contribution in [0.1, 0.15) is 10.4 Å². The van der Waals surface area contributed by atoms with Crippen molar-refractivity contribution < 1.29 is 23.7 Å². The number of aromatic amines is 1. The average molecular weight is 352 g/mol. The molecule has 0 bridgehead atoms. The van der Waals surface area contributed by atoms with E-state index in [9.17, 15) is 4.79 Å². The van der Waals surface area contributed by atoms with Crippen molar-refractivity contribution in [2.75, 3.05) is 20.0 Å². The maximum absolute atomic E-state index is 12.5. The number of benzene rings is 1. The zero-order valence-electron chi connectivity index (χ0n) is 12.5. The summed E-state index contributed by atoms with van der Waals surface area (Å²) < 4.78 is 21.7. The van der Waals surface area contributed by atoms with Gasteiger partial charge in [0, 0.05) is 5.56 Å². The number of carbonyl (C=O) groups is 1.